The van der Waals surface area contributed by atoms with Crippen molar-refractivity contribution >= 4 is 20.1 Å². The third-order valence-corrected chi connectivity index (χ3v) is 6.25. The second-order valence-corrected chi connectivity index (χ2v) is 6.80. The van der Waals surface area contributed by atoms with Crippen LogP contribution in [0.1, 0.15) is 38.8 Å². The maximum atomic E-state index is 6.00. The van der Waals surface area contributed by atoms with E-state index in [1.54, 1.807) is 0 Å². The van der Waals surface area contributed by atoms with E-state index >= 15 is 0 Å². The molecule has 0 bridgehead atoms. The lowest BCUT2D eigenvalue weighted by molar-refractivity contribution is 0.0857. The molecule has 112 valence electrons. The minimum atomic E-state index is -2.83. The highest BCUT2D eigenvalue weighted by molar-refractivity contribution is 6.75. The van der Waals surface area contributed by atoms with Crippen LogP contribution in [0.2, 0.25) is 0 Å². The molecule has 0 aromatic heterocycles. The first kappa shape index (κ1) is 17.1. The van der Waals surface area contributed by atoms with Gasteiger partial charge in [0.25, 0.3) is 0 Å². The van der Waals surface area contributed by atoms with Gasteiger partial charge >= 0.3 is 8.80 Å². The largest absolute Gasteiger partial charge is 0.537 e. The lowest BCUT2D eigenvalue weighted by Gasteiger charge is -2.30. The van der Waals surface area contributed by atoms with Crippen molar-refractivity contribution in [3.05, 3.63) is 35.9 Å². The normalized spacial score (nSPS) is 11.6. The van der Waals surface area contributed by atoms with Crippen LogP contribution in [0.25, 0.3) is 6.08 Å². The summed E-state index contributed by atoms with van der Waals surface area (Å²) in [6, 6.07) is 6.15. The summed E-state index contributed by atoms with van der Waals surface area (Å²) in [5.74, 6) is 0. The molecule has 0 unspecified atom stereocenters. The molecule has 0 saturated carbocycles. The maximum absolute atomic E-state index is 6.00. The molecule has 20 heavy (non-hydrogen) atoms. The minimum absolute atomic E-state index is 0.577. The molecule has 0 amide bonds. The Kier molecular flexibility index (Phi) is 7.16. The molecule has 3 nitrogen and oxygen atoms in total. The van der Waals surface area contributed by atoms with E-state index in [0.29, 0.717) is 19.8 Å². The molecule has 0 radical (unpaired) electrons. The van der Waals surface area contributed by atoms with Crippen LogP contribution in [0.5, 0.6) is 0 Å². The van der Waals surface area contributed by atoms with E-state index in [0.717, 1.165) is 17.2 Å². The van der Waals surface area contributed by atoms with Crippen LogP contribution < -0.4 is 5.19 Å². The first-order valence-corrected chi connectivity index (χ1v) is 9.08. The van der Waals surface area contributed by atoms with E-state index < -0.39 is 8.80 Å². The molecule has 1 aromatic rings. The zero-order valence-electron chi connectivity index (χ0n) is 13.1. The first-order valence-electron chi connectivity index (χ1n) is 7.35. The van der Waals surface area contributed by atoms with E-state index in [1.807, 2.05) is 32.9 Å². The fraction of sp³-hybridized carbons (Fsp3) is 0.500. The third-order valence-electron chi connectivity index (χ3n) is 3.12. The van der Waals surface area contributed by atoms with Crippen molar-refractivity contribution in [2.45, 2.75) is 34.1 Å². The summed E-state index contributed by atoms with van der Waals surface area (Å²) >= 11 is 0. The Morgan fingerprint density at radius 3 is 1.95 bits per heavy atom. The van der Waals surface area contributed by atoms with E-state index in [9.17, 15) is 0 Å². The zero-order valence-corrected chi connectivity index (χ0v) is 14.1. The standard InChI is InChI=1S/C16H26O3Si/c1-6-14-12-11-13-16(15(14)7-2)20(17-8-3,18-9-4)19-10-5/h6,11-13H,1,7-10H2,2-5H3. The number of benzene rings is 1. The average Bonchev–Trinajstić information content (AvgIpc) is 2.47. The van der Waals surface area contributed by atoms with Gasteiger partial charge in [-0.2, -0.15) is 0 Å². The molecule has 1 aromatic carbocycles. The van der Waals surface area contributed by atoms with Gasteiger partial charge in [0.1, 0.15) is 0 Å². The van der Waals surface area contributed by atoms with Gasteiger partial charge in [-0.3, -0.25) is 0 Å². The molecule has 0 aliphatic heterocycles. The molecule has 0 atom stereocenters. The molecular formula is C16H26O3Si. The Hall–Kier alpha value is -0.943. The second kappa shape index (κ2) is 8.37. The summed E-state index contributed by atoms with van der Waals surface area (Å²) < 4.78 is 18.0. The molecule has 0 aliphatic carbocycles. The van der Waals surface area contributed by atoms with Gasteiger partial charge < -0.3 is 13.3 Å². The summed E-state index contributed by atoms with van der Waals surface area (Å²) in [5.41, 5.74) is 2.34. The number of hydrogen-bond donors (Lipinski definition) is 0. The monoisotopic (exact) mass is 294 g/mol. The van der Waals surface area contributed by atoms with Gasteiger partial charge in [0, 0.05) is 25.0 Å². The topological polar surface area (TPSA) is 27.7 Å². The quantitative estimate of drug-likeness (QED) is 0.655. The van der Waals surface area contributed by atoms with E-state index in [-0.39, 0.29) is 0 Å². The second-order valence-electron chi connectivity index (χ2n) is 4.29. The summed E-state index contributed by atoms with van der Waals surface area (Å²) in [7, 11) is -2.83. The molecule has 0 spiro atoms. The smallest absolute Gasteiger partial charge is 0.370 e. The lowest BCUT2D eigenvalue weighted by atomic mass is 10.1. The van der Waals surface area contributed by atoms with Gasteiger partial charge in [-0.05, 0) is 38.3 Å². The number of hydrogen-bond acceptors (Lipinski definition) is 3. The Morgan fingerprint density at radius 2 is 1.55 bits per heavy atom. The highest BCUT2D eigenvalue weighted by Crippen LogP contribution is 2.18. The third kappa shape index (κ3) is 3.58. The van der Waals surface area contributed by atoms with Gasteiger partial charge in [-0.1, -0.05) is 37.8 Å². The highest BCUT2D eigenvalue weighted by atomic mass is 28.4. The fourth-order valence-corrected chi connectivity index (χ4v) is 5.25. The van der Waals surface area contributed by atoms with Gasteiger partial charge in [-0.15, -0.1) is 0 Å². The minimum Gasteiger partial charge on any atom is -0.370 e. The van der Waals surface area contributed by atoms with Gasteiger partial charge in [0.15, 0.2) is 0 Å². The maximum Gasteiger partial charge on any atom is 0.537 e. The predicted molar refractivity (Wildman–Crippen MR) is 86.2 cm³/mol. The van der Waals surface area contributed by atoms with Gasteiger partial charge in [0.05, 0.1) is 0 Å². The van der Waals surface area contributed by atoms with Gasteiger partial charge in [0.2, 0.25) is 0 Å². The lowest BCUT2D eigenvalue weighted by Crippen LogP contribution is -2.58. The molecule has 0 N–H and O–H groups in total. The van der Waals surface area contributed by atoms with Crippen molar-refractivity contribution < 1.29 is 13.3 Å². The summed E-state index contributed by atoms with van der Waals surface area (Å²) in [4.78, 5) is 0. The molecule has 0 aliphatic rings. The van der Waals surface area contributed by atoms with Crippen LogP contribution in [0.15, 0.2) is 24.8 Å². The van der Waals surface area contributed by atoms with E-state index in [1.165, 1.54) is 5.56 Å². The molecule has 0 heterocycles. The zero-order chi connectivity index (χ0) is 15.0. The molecule has 0 fully saturated rings. The van der Waals surface area contributed by atoms with Crippen molar-refractivity contribution in [2.24, 2.45) is 0 Å². The first-order chi connectivity index (χ1) is 9.68. The SMILES string of the molecule is C=Cc1cccc([Si](OCC)(OCC)OCC)c1CC. The molecular weight excluding hydrogens is 268 g/mol. The van der Waals surface area contributed by atoms with Crippen LogP contribution in [-0.4, -0.2) is 28.6 Å². The van der Waals surface area contributed by atoms with E-state index in [4.69, 9.17) is 13.3 Å². The van der Waals surface area contributed by atoms with Crippen molar-refractivity contribution in [1.82, 2.24) is 0 Å². The Labute approximate surface area is 123 Å². The van der Waals surface area contributed by atoms with Crippen molar-refractivity contribution in [2.75, 3.05) is 19.8 Å². The van der Waals surface area contributed by atoms with Crippen LogP contribution in [0.3, 0.4) is 0 Å². The molecule has 4 heteroatoms. The van der Waals surface area contributed by atoms with Crippen molar-refractivity contribution in [1.29, 1.82) is 0 Å². The summed E-state index contributed by atoms with van der Waals surface area (Å²) in [5, 5.41) is 1.07. The average molecular weight is 294 g/mol. The number of rotatable bonds is 9. The molecule has 0 saturated heterocycles. The van der Waals surface area contributed by atoms with Crippen LogP contribution >= 0.6 is 0 Å². The van der Waals surface area contributed by atoms with Crippen molar-refractivity contribution in [3.8, 4) is 0 Å². The van der Waals surface area contributed by atoms with Crippen molar-refractivity contribution in [3.63, 3.8) is 0 Å². The highest BCUT2D eigenvalue weighted by Gasteiger charge is 2.44. The Bertz CT molecular complexity index is 415. The summed E-state index contributed by atoms with van der Waals surface area (Å²) in [6.07, 6.45) is 2.78. The summed E-state index contributed by atoms with van der Waals surface area (Å²) in [6.45, 7) is 13.7. The van der Waals surface area contributed by atoms with Crippen LogP contribution in [0.4, 0.5) is 0 Å². The van der Waals surface area contributed by atoms with Crippen LogP contribution in [0, 0.1) is 0 Å². The fourth-order valence-electron chi connectivity index (χ4n) is 2.41. The molecule has 1 rings (SSSR count). The van der Waals surface area contributed by atoms with E-state index in [2.05, 4.69) is 25.6 Å². The predicted octanol–water partition coefficient (Wildman–Crippen LogP) is 3.15. The van der Waals surface area contributed by atoms with Crippen LogP contribution in [-0.2, 0) is 19.7 Å². The Balaban J connectivity index is 3.41. The van der Waals surface area contributed by atoms with Gasteiger partial charge in [-0.25, -0.2) is 0 Å². The Morgan fingerprint density at radius 1 is 1.00 bits per heavy atom.